The van der Waals surface area contributed by atoms with Crippen LogP contribution in [0.1, 0.15) is 5.56 Å². The summed E-state index contributed by atoms with van der Waals surface area (Å²) >= 11 is 7.16. The highest BCUT2D eigenvalue weighted by Crippen LogP contribution is 2.48. The van der Waals surface area contributed by atoms with Gasteiger partial charge in [-0.3, -0.25) is 0 Å². The van der Waals surface area contributed by atoms with Crippen molar-refractivity contribution in [2.24, 2.45) is 0 Å². The Balaban J connectivity index is 0.000000143. The molecular weight excluding hydrogens is 1220 g/mol. The molecule has 0 unspecified atom stereocenters. The third-order valence-corrected chi connectivity index (χ3v) is 22.1. The van der Waals surface area contributed by atoms with Crippen molar-refractivity contribution in [2.45, 2.75) is 6.92 Å². The molecule has 18 aromatic rings. The number of fused-ring (bicyclic) bond motifs is 12. The van der Waals surface area contributed by atoms with E-state index in [-0.39, 0.29) is 5.82 Å². The fourth-order valence-corrected chi connectivity index (χ4v) is 17.6. The summed E-state index contributed by atoms with van der Waals surface area (Å²) in [5.41, 5.74) is 14.6. The Morgan fingerprint density at radius 3 is 0.904 bits per heavy atom. The van der Waals surface area contributed by atoms with Gasteiger partial charge in [0.2, 0.25) is 0 Å². The average Bonchev–Trinajstić information content (AvgIpc) is 1.59. The van der Waals surface area contributed by atoms with Gasteiger partial charge in [-0.15, -0.1) is 45.3 Å². The average molecular weight is 1280 g/mol. The van der Waals surface area contributed by atoms with E-state index in [2.05, 4.69) is 330 Å². The van der Waals surface area contributed by atoms with Crippen LogP contribution < -0.4 is 19.6 Å². The third kappa shape index (κ3) is 10.5. The van der Waals surface area contributed by atoms with E-state index in [0.717, 1.165) is 83.0 Å². The normalized spacial score (nSPS) is 11.5. The topological polar surface area (TPSA) is 13.0 Å². The zero-order valence-corrected chi connectivity index (χ0v) is 54.2. The lowest BCUT2D eigenvalue weighted by molar-refractivity contribution is 0.641. The van der Waals surface area contributed by atoms with Crippen molar-refractivity contribution >= 4 is 194 Å². The number of rotatable bonds is 12. The lowest BCUT2D eigenvalue weighted by Gasteiger charge is -2.26. The van der Waals surface area contributed by atoms with E-state index in [4.69, 9.17) is 0 Å². The molecule has 0 atom stereocenters. The maximum atomic E-state index is 15.1. The monoisotopic (exact) mass is 1280 g/mol. The van der Waals surface area contributed by atoms with Crippen LogP contribution in [0.3, 0.4) is 0 Å². The second kappa shape index (κ2) is 24.3. The summed E-state index contributed by atoms with van der Waals surface area (Å²) in [5.74, 6) is -0.179. The summed E-state index contributed by atoms with van der Waals surface area (Å²) in [6, 6.07) is 116. The molecule has 4 heterocycles. The van der Waals surface area contributed by atoms with E-state index in [1.54, 1.807) is 23.5 Å². The van der Waals surface area contributed by atoms with Crippen molar-refractivity contribution in [3.63, 3.8) is 0 Å². The maximum Gasteiger partial charge on any atom is 0.132 e. The summed E-state index contributed by atoms with van der Waals surface area (Å²) in [6.45, 7) is 2.13. The number of anilines is 12. The molecule has 0 fully saturated rings. The minimum atomic E-state index is -0.179. The first-order valence-corrected chi connectivity index (χ1v) is 34.6. The van der Waals surface area contributed by atoms with Gasteiger partial charge < -0.3 is 19.6 Å². The molecule has 94 heavy (non-hydrogen) atoms. The Labute approximate surface area is 560 Å². The molecule has 448 valence electrons. The summed E-state index contributed by atoms with van der Waals surface area (Å²) in [6.07, 6.45) is 0. The molecule has 18 rings (SSSR count). The number of hydrogen-bond acceptors (Lipinski definition) is 8. The highest BCUT2D eigenvalue weighted by molar-refractivity contribution is 7.27. The van der Waals surface area contributed by atoms with Gasteiger partial charge in [-0.1, -0.05) is 145 Å². The fraction of sp³-hybridized carbons (Fsp3) is 0.0118. The van der Waals surface area contributed by atoms with Crippen LogP contribution in [-0.2, 0) is 0 Å². The summed E-state index contributed by atoms with van der Waals surface area (Å²) in [7, 11) is 0. The van der Waals surface area contributed by atoms with Gasteiger partial charge >= 0.3 is 0 Å². The molecule has 0 radical (unpaired) electrons. The maximum absolute atomic E-state index is 15.1. The van der Waals surface area contributed by atoms with Crippen LogP contribution in [0.5, 0.6) is 0 Å². The summed E-state index contributed by atoms with van der Waals surface area (Å²) < 4.78 is 24.8. The Bertz CT molecular complexity index is 5750. The minimum Gasteiger partial charge on any atom is -0.310 e. The van der Waals surface area contributed by atoms with Gasteiger partial charge in [-0.05, 0) is 195 Å². The molecule has 0 aliphatic carbocycles. The van der Waals surface area contributed by atoms with Crippen molar-refractivity contribution < 1.29 is 4.39 Å². The van der Waals surface area contributed by atoms with Gasteiger partial charge in [0.05, 0.1) is 0 Å². The molecule has 0 amide bonds. The van der Waals surface area contributed by atoms with Crippen molar-refractivity contribution in [3.8, 4) is 0 Å². The van der Waals surface area contributed by atoms with E-state index in [0.29, 0.717) is 5.39 Å². The van der Waals surface area contributed by atoms with Gasteiger partial charge in [0.25, 0.3) is 0 Å². The first kappa shape index (κ1) is 57.0. The van der Waals surface area contributed by atoms with Gasteiger partial charge in [0, 0.05) is 149 Å². The lowest BCUT2D eigenvalue weighted by atomic mass is 10.1. The second-order valence-electron chi connectivity index (χ2n) is 23.5. The van der Waals surface area contributed by atoms with Crippen LogP contribution in [0, 0.1) is 12.7 Å². The summed E-state index contributed by atoms with van der Waals surface area (Å²) in [4.78, 5) is 9.31. The lowest BCUT2D eigenvalue weighted by Crippen LogP contribution is -2.09. The number of hydrogen-bond donors (Lipinski definition) is 0. The molecular formula is C85H57FN4S4. The van der Waals surface area contributed by atoms with E-state index >= 15 is 4.39 Å². The van der Waals surface area contributed by atoms with Crippen LogP contribution in [0.15, 0.2) is 328 Å². The van der Waals surface area contributed by atoms with Crippen molar-refractivity contribution in [3.05, 3.63) is 339 Å². The highest BCUT2D eigenvalue weighted by atomic mass is 32.1. The van der Waals surface area contributed by atoms with Crippen molar-refractivity contribution in [2.75, 3.05) is 19.6 Å². The Hall–Kier alpha value is -10.9. The first-order chi connectivity index (χ1) is 46.4. The number of thiophene rings is 4. The summed E-state index contributed by atoms with van der Waals surface area (Å²) in [5, 5.41) is 9.27. The molecule has 0 bridgehead atoms. The van der Waals surface area contributed by atoms with Crippen LogP contribution in [0.4, 0.5) is 72.6 Å². The number of aryl methyl sites for hydroxylation is 1. The molecule has 9 heteroatoms. The highest BCUT2D eigenvalue weighted by Gasteiger charge is 2.22. The molecule has 0 N–H and O–H groups in total. The first-order valence-electron chi connectivity index (χ1n) is 31.4. The van der Waals surface area contributed by atoms with Crippen LogP contribution in [-0.4, -0.2) is 0 Å². The Morgan fingerprint density at radius 2 is 0.479 bits per heavy atom. The van der Waals surface area contributed by atoms with Crippen molar-refractivity contribution in [1.82, 2.24) is 0 Å². The molecule has 0 aliphatic rings. The third-order valence-electron chi connectivity index (χ3n) is 17.6. The van der Waals surface area contributed by atoms with Gasteiger partial charge in [0.15, 0.2) is 0 Å². The molecule has 4 nitrogen and oxygen atoms in total. The number of para-hydroxylation sites is 5. The van der Waals surface area contributed by atoms with Crippen LogP contribution in [0.2, 0.25) is 0 Å². The zero-order valence-electron chi connectivity index (χ0n) is 51.0. The quantitative estimate of drug-likeness (QED) is 0.121. The van der Waals surface area contributed by atoms with Crippen molar-refractivity contribution in [1.29, 1.82) is 0 Å². The Kier molecular flexibility index (Phi) is 14.7. The molecule has 14 aromatic carbocycles. The minimum absolute atomic E-state index is 0.179. The number of benzene rings is 14. The SMILES string of the molecule is Cc1ccc(N(c2ccccc2)c2ccc3sc4cc(N(c5ccccc5)c5ccc6sc7ccccc7c6c5)ccc4c3c2)cc1.Fc1cccc2sc3ccc(N(c4ccccc4)c4ccc5c(c4)sc4ccc(N(c6ccccc6)c6ccccc6)cc45)cc3c12. The molecule has 4 aromatic heterocycles. The van der Waals surface area contributed by atoms with Crippen LogP contribution >= 0.6 is 45.3 Å². The second-order valence-corrected chi connectivity index (χ2v) is 27.8. The van der Waals surface area contributed by atoms with Gasteiger partial charge in [0.1, 0.15) is 5.82 Å². The van der Waals surface area contributed by atoms with E-state index < -0.39 is 0 Å². The predicted molar refractivity (Wildman–Crippen MR) is 408 cm³/mol. The molecule has 0 saturated heterocycles. The molecule has 0 spiro atoms. The molecule has 0 saturated carbocycles. The van der Waals surface area contributed by atoms with Crippen LogP contribution in [0.25, 0.3) is 80.7 Å². The number of halogens is 1. The number of nitrogens with zero attached hydrogens (tertiary/aromatic N) is 4. The van der Waals surface area contributed by atoms with E-state index in [1.165, 1.54) is 66.1 Å². The zero-order chi connectivity index (χ0) is 62.6. The molecule has 0 aliphatic heterocycles. The Morgan fingerprint density at radius 1 is 0.202 bits per heavy atom. The standard InChI is InChI=1S/C43H30N2S2.C42H27FN2S2/c1-29-16-18-32(19-17-29)44(30-10-4-2-5-11-30)33-21-25-42-39(26-33)37-23-20-35(28-43(37)47-42)45(31-12-6-3-7-13-31)34-22-24-41-38(27-34)36-14-8-9-15-40(36)46-41;43-37-17-10-18-40-42(37)36-26-32(21-24-39(36)46-40)45(30-15-8-3-9-16-30)33-19-22-34-35-25-31(20-23-38(35)47-41(34)27-33)44(28-11-4-1-5-12-28)29-13-6-2-7-14-29/h2-28H,1H3;1-27H. The van der Waals surface area contributed by atoms with E-state index in [1.807, 2.05) is 46.1 Å². The van der Waals surface area contributed by atoms with Gasteiger partial charge in [-0.2, -0.15) is 0 Å². The smallest absolute Gasteiger partial charge is 0.132 e. The predicted octanol–water partition coefficient (Wildman–Crippen LogP) is 27.2. The fourth-order valence-electron chi connectivity index (χ4n) is 13.2. The van der Waals surface area contributed by atoms with E-state index in [9.17, 15) is 0 Å². The largest absolute Gasteiger partial charge is 0.310 e. The van der Waals surface area contributed by atoms with Gasteiger partial charge in [-0.25, -0.2) is 4.39 Å².